The van der Waals surface area contributed by atoms with Crippen molar-refractivity contribution in [2.45, 2.75) is 32.2 Å². The molecule has 0 radical (unpaired) electrons. The minimum absolute atomic E-state index is 0.0795. The van der Waals surface area contributed by atoms with Crippen LogP contribution in [0.25, 0.3) is 15.9 Å². The van der Waals surface area contributed by atoms with Gasteiger partial charge in [0.25, 0.3) is 0 Å². The molecule has 1 saturated heterocycles. The van der Waals surface area contributed by atoms with Gasteiger partial charge in [0.15, 0.2) is 0 Å². The number of nitrogens with zero attached hydrogens (tertiary/aromatic N) is 4. The summed E-state index contributed by atoms with van der Waals surface area (Å²) >= 11 is 1.68. The molecule has 0 saturated carbocycles. The molecule has 1 aliphatic heterocycles. The van der Waals surface area contributed by atoms with Gasteiger partial charge in [-0.15, -0.1) is 11.3 Å². The quantitative estimate of drug-likeness (QED) is 0.709. The summed E-state index contributed by atoms with van der Waals surface area (Å²) in [7, 11) is 0. The van der Waals surface area contributed by atoms with E-state index in [1.54, 1.807) is 17.5 Å². The first kappa shape index (κ1) is 17.0. The molecule has 3 aromatic heterocycles. The van der Waals surface area contributed by atoms with Crippen LogP contribution in [0.1, 0.15) is 43.5 Å². The van der Waals surface area contributed by atoms with Crippen LogP contribution in [0.2, 0.25) is 0 Å². The number of hydrogen-bond donors (Lipinski definition) is 1. The third kappa shape index (κ3) is 3.42. The highest BCUT2D eigenvalue weighted by atomic mass is 32.1. The summed E-state index contributed by atoms with van der Waals surface area (Å²) in [5.74, 6) is 0.639. The van der Waals surface area contributed by atoms with Gasteiger partial charge in [0.05, 0.1) is 22.0 Å². The van der Waals surface area contributed by atoms with Crippen LogP contribution in [-0.2, 0) is 0 Å². The van der Waals surface area contributed by atoms with E-state index in [-0.39, 0.29) is 6.04 Å². The van der Waals surface area contributed by atoms with Crippen molar-refractivity contribution >= 4 is 33.2 Å². The predicted molar refractivity (Wildman–Crippen MR) is 108 cm³/mol. The molecule has 0 bridgehead atoms. The monoisotopic (exact) mass is 365 g/mol. The zero-order valence-electron chi connectivity index (χ0n) is 15.0. The van der Waals surface area contributed by atoms with E-state index in [2.05, 4.69) is 46.2 Å². The van der Waals surface area contributed by atoms with Crippen LogP contribution in [0.4, 0.5) is 5.95 Å². The summed E-state index contributed by atoms with van der Waals surface area (Å²) in [6.07, 6.45) is 7.40. The summed E-state index contributed by atoms with van der Waals surface area (Å²) < 4.78 is 1.11. The normalized spacial score (nSPS) is 15.8. The van der Waals surface area contributed by atoms with Gasteiger partial charge >= 0.3 is 0 Å². The van der Waals surface area contributed by atoms with Gasteiger partial charge in [0.2, 0.25) is 5.95 Å². The van der Waals surface area contributed by atoms with Crippen molar-refractivity contribution in [2.75, 3.05) is 18.4 Å². The van der Waals surface area contributed by atoms with Gasteiger partial charge in [0, 0.05) is 25.5 Å². The van der Waals surface area contributed by atoms with E-state index in [1.165, 1.54) is 19.3 Å². The largest absolute Gasteiger partial charge is 0.370 e. The lowest BCUT2D eigenvalue weighted by Crippen LogP contribution is -2.28. The SMILES string of the molecule is C=C(c1nc(NC(C)c2cccnc2)nc2ccsc12)N1CCCCC1. The highest BCUT2D eigenvalue weighted by Gasteiger charge is 2.19. The first-order valence-electron chi connectivity index (χ1n) is 9.08. The van der Waals surface area contributed by atoms with Gasteiger partial charge in [-0.2, -0.15) is 0 Å². The van der Waals surface area contributed by atoms with E-state index in [0.29, 0.717) is 5.95 Å². The average Bonchev–Trinajstić information content (AvgIpc) is 3.16. The van der Waals surface area contributed by atoms with Crippen LogP contribution < -0.4 is 5.32 Å². The maximum Gasteiger partial charge on any atom is 0.224 e. The molecular weight excluding hydrogens is 342 g/mol. The predicted octanol–water partition coefficient (Wildman–Crippen LogP) is 4.72. The fraction of sp³-hybridized carbons (Fsp3) is 0.350. The van der Waals surface area contributed by atoms with E-state index in [9.17, 15) is 0 Å². The topological polar surface area (TPSA) is 53.9 Å². The number of rotatable bonds is 5. The maximum atomic E-state index is 4.84. The second-order valence-electron chi connectivity index (χ2n) is 6.68. The molecular formula is C20H23N5S. The minimum atomic E-state index is 0.0795. The molecule has 0 aromatic carbocycles. The second-order valence-corrected chi connectivity index (χ2v) is 7.59. The number of fused-ring (bicyclic) bond motifs is 1. The fourth-order valence-corrected chi connectivity index (χ4v) is 4.19. The Morgan fingerprint density at radius 3 is 2.85 bits per heavy atom. The molecule has 26 heavy (non-hydrogen) atoms. The molecule has 3 aromatic rings. The minimum Gasteiger partial charge on any atom is -0.370 e. The van der Waals surface area contributed by atoms with Crippen molar-refractivity contribution in [3.05, 3.63) is 53.8 Å². The molecule has 4 rings (SSSR count). The van der Waals surface area contributed by atoms with Crippen LogP contribution in [0.5, 0.6) is 0 Å². The Kier molecular flexibility index (Phi) is 4.84. The van der Waals surface area contributed by atoms with E-state index in [0.717, 1.165) is 40.3 Å². The Morgan fingerprint density at radius 2 is 2.08 bits per heavy atom. The molecule has 0 aliphatic carbocycles. The Morgan fingerprint density at radius 1 is 1.23 bits per heavy atom. The van der Waals surface area contributed by atoms with Crippen molar-refractivity contribution in [3.8, 4) is 0 Å². The number of pyridine rings is 1. The van der Waals surface area contributed by atoms with Crippen molar-refractivity contribution in [2.24, 2.45) is 0 Å². The van der Waals surface area contributed by atoms with Crippen LogP contribution >= 0.6 is 11.3 Å². The Labute approximate surface area is 157 Å². The molecule has 134 valence electrons. The number of anilines is 1. The summed E-state index contributed by atoms with van der Waals surface area (Å²) in [4.78, 5) is 16.1. The number of piperidine rings is 1. The molecule has 1 fully saturated rings. The zero-order valence-corrected chi connectivity index (χ0v) is 15.8. The maximum absolute atomic E-state index is 4.84. The lowest BCUT2D eigenvalue weighted by molar-refractivity contribution is 0.326. The Bertz CT molecular complexity index is 899. The van der Waals surface area contributed by atoms with Gasteiger partial charge in [0.1, 0.15) is 5.69 Å². The molecule has 6 heteroatoms. The number of thiophene rings is 1. The second kappa shape index (κ2) is 7.41. The van der Waals surface area contributed by atoms with Gasteiger partial charge in [-0.3, -0.25) is 4.98 Å². The van der Waals surface area contributed by atoms with Gasteiger partial charge in [-0.25, -0.2) is 9.97 Å². The highest BCUT2D eigenvalue weighted by molar-refractivity contribution is 7.17. The molecule has 5 nitrogen and oxygen atoms in total. The molecule has 1 atom stereocenters. The van der Waals surface area contributed by atoms with E-state index in [4.69, 9.17) is 9.97 Å². The fourth-order valence-electron chi connectivity index (χ4n) is 3.35. The lowest BCUT2D eigenvalue weighted by atomic mass is 10.1. The van der Waals surface area contributed by atoms with Crippen molar-refractivity contribution in [1.82, 2.24) is 19.9 Å². The lowest BCUT2D eigenvalue weighted by Gasteiger charge is -2.30. The number of aromatic nitrogens is 3. The molecule has 4 heterocycles. The van der Waals surface area contributed by atoms with E-state index in [1.807, 2.05) is 12.3 Å². The third-order valence-corrected chi connectivity index (χ3v) is 5.76. The smallest absolute Gasteiger partial charge is 0.224 e. The van der Waals surface area contributed by atoms with Crippen molar-refractivity contribution in [3.63, 3.8) is 0 Å². The highest BCUT2D eigenvalue weighted by Crippen LogP contribution is 2.31. The standard InChI is InChI=1S/C20H23N5S/c1-14(16-7-6-9-21-13-16)22-20-23-17-8-12-26-19(17)18(24-20)15(2)25-10-4-3-5-11-25/h6-9,12-14H,2-5,10-11H2,1H3,(H,22,23,24). The summed E-state index contributed by atoms with van der Waals surface area (Å²) in [6, 6.07) is 6.13. The Hall–Kier alpha value is -2.47. The van der Waals surface area contributed by atoms with Crippen LogP contribution in [0.15, 0.2) is 42.6 Å². The van der Waals surface area contributed by atoms with Crippen LogP contribution in [0, 0.1) is 0 Å². The Balaban J connectivity index is 1.65. The molecule has 0 spiro atoms. The summed E-state index contributed by atoms with van der Waals surface area (Å²) in [5.41, 5.74) is 4.04. The van der Waals surface area contributed by atoms with Crippen LogP contribution in [0.3, 0.4) is 0 Å². The van der Waals surface area contributed by atoms with Gasteiger partial charge in [-0.05, 0) is 49.3 Å². The van der Waals surface area contributed by atoms with Gasteiger partial charge < -0.3 is 10.2 Å². The van der Waals surface area contributed by atoms with Crippen molar-refractivity contribution in [1.29, 1.82) is 0 Å². The van der Waals surface area contributed by atoms with E-state index < -0.39 is 0 Å². The summed E-state index contributed by atoms with van der Waals surface area (Å²) in [5, 5.41) is 5.49. The van der Waals surface area contributed by atoms with E-state index >= 15 is 0 Å². The molecule has 0 amide bonds. The van der Waals surface area contributed by atoms with Gasteiger partial charge in [-0.1, -0.05) is 12.6 Å². The number of nitrogens with one attached hydrogen (secondary N) is 1. The summed E-state index contributed by atoms with van der Waals surface area (Å²) in [6.45, 7) is 8.58. The first-order valence-corrected chi connectivity index (χ1v) is 9.96. The first-order chi connectivity index (χ1) is 12.7. The number of likely N-dealkylation sites (tertiary alicyclic amines) is 1. The molecule has 1 aliphatic rings. The van der Waals surface area contributed by atoms with Crippen molar-refractivity contribution < 1.29 is 0 Å². The average molecular weight is 366 g/mol. The third-order valence-electron chi connectivity index (χ3n) is 4.84. The van der Waals surface area contributed by atoms with Crippen LogP contribution in [-0.4, -0.2) is 32.9 Å². The zero-order chi connectivity index (χ0) is 17.9. The molecule has 1 unspecified atom stereocenters. The number of hydrogen-bond acceptors (Lipinski definition) is 6. The molecule has 1 N–H and O–H groups in total.